The Morgan fingerprint density at radius 3 is 2.62 bits per heavy atom. The molecule has 1 heterocycles. The summed E-state index contributed by atoms with van der Waals surface area (Å²) in [6, 6.07) is 1.68. The third-order valence-corrected chi connectivity index (χ3v) is 3.34. The molecule has 0 amide bonds. The number of alkyl halides is 1. The van der Waals surface area contributed by atoms with Gasteiger partial charge in [-0.25, -0.2) is 4.98 Å². The van der Waals surface area contributed by atoms with Crippen molar-refractivity contribution < 1.29 is 0 Å². The minimum Gasteiger partial charge on any atom is -0.364 e. The molecule has 0 aliphatic rings. The molecule has 16 heavy (non-hydrogen) atoms. The average molecular weight is 282 g/mol. The van der Waals surface area contributed by atoms with Gasteiger partial charge >= 0.3 is 0 Å². The van der Waals surface area contributed by atoms with Crippen LogP contribution >= 0.6 is 34.8 Å². The molecular formula is C11H15Cl3N2. The van der Waals surface area contributed by atoms with Crippen LogP contribution in [0.25, 0.3) is 0 Å². The van der Waals surface area contributed by atoms with Crippen molar-refractivity contribution in [2.45, 2.75) is 32.2 Å². The van der Waals surface area contributed by atoms with Gasteiger partial charge in [0.25, 0.3) is 0 Å². The van der Waals surface area contributed by atoms with Gasteiger partial charge in [-0.3, -0.25) is 0 Å². The minimum absolute atomic E-state index is 0.0911. The molecule has 90 valence electrons. The molecule has 0 fully saturated rings. The first kappa shape index (κ1) is 13.9. The van der Waals surface area contributed by atoms with Crippen LogP contribution in [0.2, 0.25) is 10.0 Å². The predicted octanol–water partition coefficient (Wildman–Crippen LogP) is 4.60. The van der Waals surface area contributed by atoms with Crippen molar-refractivity contribution in [3.63, 3.8) is 0 Å². The van der Waals surface area contributed by atoms with E-state index in [-0.39, 0.29) is 5.54 Å². The molecule has 0 bridgehead atoms. The van der Waals surface area contributed by atoms with Gasteiger partial charge in [0, 0.05) is 17.6 Å². The van der Waals surface area contributed by atoms with Gasteiger partial charge in [-0.05, 0) is 25.8 Å². The molecule has 1 aromatic rings. The number of nitrogens with one attached hydrogen (secondary N) is 1. The number of nitrogens with zero attached hydrogens (tertiary/aromatic N) is 1. The Balaban J connectivity index is 2.85. The fourth-order valence-corrected chi connectivity index (χ4v) is 2.17. The molecular weight excluding hydrogens is 266 g/mol. The maximum Gasteiger partial charge on any atom is 0.145 e. The Labute approximate surface area is 111 Å². The van der Waals surface area contributed by atoms with E-state index >= 15 is 0 Å². The van der Waals surface area contributed by atoms with E-state index in [1.807, 2.05) is 0 Å². The van der Waals surface area contributed by atoms with Gasteiger partial charge in [0.15, 0.2) is 0 Å². The topological polar surface area (TPSA) is 24.9 Å². The lowest BCUT2D eigenvalue weighted by Crippen LogP contribution is -2.34. The molecule has 0 radical (unpaired) electrons. The van der Waals surface area contributed by atoms with Crippen molar-refractivity contribution in [3.05, 3.63) is 22.3 Å². The highest BCUT2D eigenvalue weighted by molar-refractivity contribution is 6.35. The summed E-state index contributed by atoms with van der Waals surface area (Å²) >= 11 is 17.6. The first-order chi connectivity index (χ1) is 7.50. The van der Waals surface area contributed by atoms with Crippen LogP contribution in [0, 0.1) is 0 Å². The highest BCUT2D eigenvalue weighted by Gasteiger charge is 2.22. The van der Waals surface area contributed by atoms with Gasteiger partial charge in [-0.2, -0.15) is 0 Å². The van der Waals surface area contributed by atoms with Crippen LogP contribution in [0.4, 0.5) is 5.82 Å². The SMILES string of the molecule is CCC(C)(CCCl)Nc1ncc(Cl)cc1Cl. The Morgan fingerprint density at radius 2 is 2.12 bits per heavy atom. The zero-order valence-corrected chi connectivity index (χ0v) is 11.6. The number of rotatable bonds is 5. The molecule has 0 saturated carbocycles. The molecule has 1 rings (SSSR count). The van der Waals surface area contributed by atoms with Crippen LogP contribution in [0.1, 0.15) is 26.7 Å². The van der Waals surface area contributed by atoms with E-state index in [0.29, 0.717) is 21.7 Å². The van der Waals surface area contributed by atoms with Gasteiger partial charge in [-0.1, -0.05) is 30.1 Å². The number of anilines is 1. The highest BCUT2D eigenvalue weighted by atomic mass is 35.5. The Bertz CT molecular complexity index is 357. The second kappa shape index (κ2) is 5.95. The lowest BCUT2D eigenvalue weighted by molar-refractivity contribution is 0.479. The van der Waals surface area contributed by atoms with E-state index in [1.54, 1.807) is 12.3 Å². The first-order valence-electron chi connectivity index (χ1n) is 5.16. The Kier molecular flexibility index (Phi) is 5.16. The van der Waals surface area contributed by atoms with Crippen molar-refractivity contribution in [2.75, 3.05) is 11.2 Å². The maximum atomic E-state index is 6.05. The highest BCUT2D eigenvalue weighted by Crippen LogP contribution is 2.28. The van der Waals surface area contributed by atoms with E-state index in [2.05, 4.69) is 24.1 Å². The number of hydrogen-bond acceptors (Lipinski definition) is 2. The summed E-state index contributed by atoms with van der Waals surface area (Å²) in [5, 5.41) is 4.38. The Hall–Kier alpha value is -0.180. The number of aromatic nitrogens is 1. The lowest BCUT2D eigenvalue weighted by Gasteiger charge is -2.30. The maximum absolute atomic E-state index is 6.05. The summed E-state index contributed by atoms with van der Waals surface area (Å²) in [7, 11) is 0. The third kappa shape index (κ3) is 3.69. The third-order valence-electron chi connectivity index (χ3n) is 2.65. The zero-order chi connectivity index (χ0) is 12.2. The summed E-state index contributed by atoms with van der Waals surface area (Å²) in [4.78, 5) is 4.17. The standard InChI is InChI=1S/C11H15Cl3N2/c1-3-11(2,4-5-12)16-10-9(14)6-8(13)7-15-10/h6-7H,3-5H2,1-2H3,(H,15,16). The molecule has 1 atom stereocenters. The molecule has 0 spiro atoms. The van der Waals surface area contributed by atoms with Crippen LogP contribution in [0.5, 0.6) is 0 Å². The van der Waals surface area contributed by atoms with Gasteiger partial charge < -0.3 is 5.32 Å². The smallest absolute Gasteiger partial charge is 0.145 e. The molecule has 0 aromatic carbocycles. The minimum atomic E-state index is -0.0911. The summed E-state index contributed by atoms with van der Waals surface area (Å²) in [5.41, 5.74) is -0.0911. The van der Waals surface area contributed by atoms with Gasteiger partial charge in [0.05, 0.1) is 10.0 Å². The van der Waals surface area contributed by atoms with Crippen LogP contribution in [0.3, 0.4) is 0 Å². The van der Waals surface area contributed by atoms with E-state index in [9.17, 15) is 0 Å². The second-order valence-corrected chi connectivity index (χ2v) is 5.18. The molecule has 0 aliphatic carbocycles. The molecule has 0 aliphatic heterocycles. The number of hydrogen-bond donors (Lipinski definition) is 1. The molecule has 1 unspecified atom stereocenters. The molecule has 1 N–H and O–H groups in total. The molecule has 1 aromatic heterocycles. The molecule has 2 nitrogen and oxygen atoms in total. The summed E-state index contributed by atoms with van der Waals surface area (Å²) in [5.74, 6) is 1.25. The van der Waals surface area contributed by atoms with Crippen molar-refractivity contribution in [2.24, 2.45) is 0 Å². The monoisotopic (exact) mass is 280 g/mol. The normalized spacial score (nSPS) is 14.6. The first-order valence-corrected chi connectivity index (χ1v) is 6.45. The quantitative estimate of drug-likeness (QED) is 0.798. The van der Waals surface area contributed by atoms with Crippen LogP contribution < -0.4 is 5.32 Å². The number of halogens is 3. The van der Waals surface area contributed by atoms with Crippen LogP contribution in [0.15, 0.2) is 12.3 Å². The Morgan fingerprint density at radius 1 is 1.44 bits per heavy atom. The summed E-state index contributed by atoms with van der Waals surface area (Å²) in [6.45, 7) is 4.20. The van der Waals surface area contributed by atoms with Crippen molar-refractivity contribution in [1.82, 2.24) is 4.98 Å². The summed E-state index contributed by atoms with van der Waals surface area (Å²) < 4.78 is 0. The van der Waals surface area contributed by atoms with E-state index in [1.165, 1.54) is 0 Å². The van der Waals surface area contributed by atoms with E-state index < -0.39 is 0 Å². The van der Waals surface area contributed by atoms with Crippen LogP contribution in [-0.4, -0.2) is 16.4 Å². The largest absolute Gasteiger partial charge is 0.364 e. The van der Waals surface area contributed by atoms with Crippen molar-refractivity contribution in [1.29, 1.82) is 0 Å². The fraction of sp³-hybridized carbons (Fsp3) is 0.545. The average Bonchev–Trinajstić information content (AvgIpc) is 2.23. The predicted molar refractivity (Wildman–Crippen MR) is 71.9 cm³/mol. The summed E-state index contributed by atoms with van der Waals surface area (Å²) in [6.07, 6.45) is 3.37. The lowest BCUT2D eigenvalue weighted by atomic mass is 9.95. The van der Waals surface area contributed by atoms with Crippen molar-refractivity contribution >= 4 is 40.6 Å². The van der Waals surface area contributed by atoms with Crippen LogP contribution in [-0.2, 0) is 0 Å². The second-order valence-electron chi connectivity index (χ2n) is 3.96. The van der Waals surface area contributed by atoms with Crippen molar-refractivity contribution in [3.8, 4) is 0 Å². The van der Waals surface area contributed by atoms with Gasteiger partial charge in [0.1, 0.15) is 5.82 Å². The van der Waals surface area contributed by atoms with E-state index in [0.717, 1.165) is 12.8 Å². The van der Waals surface area contributed by atoms with E-state index in [4.69, 9.17) is 34.8 Å². The van der Waals surface area contributed by atoms with Gasteiger partial charge in [0.2, 0.25) is 0 Å². The molecule has 0 saturated heterocycles. The fourth-order valence-electron chi connectivity index (χ4n) is 1.33. The zero-order valence-electron chi connectivity index (χ0n) is 9.36. The molecule has 5 heteroatoms. The number of pyridine rings is 1. The van der Waals surface area contributed by atoms with Gasteiger partial charge in [-0.15, -0.1) is 11.6 Å².